The minimum Gasteiger partial charge on any atom is -0.324 e. The zero-order valence-corrected chi connectivity index (χ0v) is 13.6. The number of benzene rings is 1. The highest BCUT2D eigenvalue weighted by molar-refractivity contribution is 6.30. The van der Waals surface area contributed by atoms with Gasteiger partial charge >= 0.3 is 0 Å². The maximum Gasteiger partial charge on any atom is 0.267 e. The largest absolute Gasteiger partial charge is 0.324 e. The maximum atomic E-state index is 12.1. The van der Waals surface area contributed by atoms with Crippen LogP contribution in [0, 0.1) is 5.92 Å². The van der Waals surface area contributed by atoms with E-state index in [-0.39, 0.29) is 18.0 Å². The molecule has 23 heavy (non-hydrogen) atoms. The normalized spacial score (nSPS) is 16.7. The molecule has 1 N–H and O–H groups in total. The average molecular weight is 332 g/mol. The Morgan fingerprint density at radius 2 is 2.13 bits per heavy atom. The number of nitrogens with one attached hydrogen (secondary N) is 1. The van der Waals surface area contributed by atoms with Crippen LogP contribution >= 0.6 is 11.6 Å². The van der Waals surface area contributed by atoms with Crippen LogP contribution in [0.2, 0.25) is 5.02 Å². The van der Waals surface area contributed by atoms with Crippen molar-refractivity contribution < 1.29 is 4.79 Å². The number of hydrogen-bond donors (Lipinski definition) is 1. The van der Waals surface area contributed by atoms with Crippen LogP contribution in [0.5, 0.6) is 0 Å². The summed E-state index contributed by atoms with van der Waals surface area (Å²) in [6.07, 6.45) is 2.81. The van der Waals surface area contributed by atoms with Gasteiger partial charge in [0.2, 0.25) is 5.91 Å². The summed E-state index contributed by atoms with van der Waals surface area (Å²) in [4.78, 5) is 24.2. The van der Waals surface area contributed by atoms with Crippen LogP contribution < -0.4 is 10.9 Å². The Morgan fingerprint density at radius 3 is 2.87 bits per heavy atom. The summed E-state index contributed by atoms with van der Waals surface area (Å²) in [6.45, 7) is 2.08. The van der Waals surface area contributed by atoms with Crippen LogP contribution in [-0.4, -0.2) is 15.7 Å². The van der Waals surface area contributed by atoms with E-state index in [0.29, 0.717) is 16.6 Å². The molecule has 0 fully saturated rings. The number of rotatable bonds is 3. The van der Waals surface area contributed by atoms with Gasteiger partial charge in [0.05, 0.1) is 5.69 Å². The second-order valence-corrected chi connectivity index (χ2v) is 6.45. The average Bonchev–Trinajstić information content (AvgIpc) is 2.50. The SMILES string of the molecule is C[C@H]1CCc2nn(CC(=O)Nc3ccc(Cl)cc3)c(=O)cc2C1. The van der Waals surface area contributed by atoms with Gasteiger partial charge in [-0.15, -0.1) is 0 Å². The molecule has 0 saturated heterocycles. The number of aryl methyl sites for hydroxylation is 1. The molecular formula is C17H18ClN3O2. The summed E-state index contributed by atoms with van der Waals surface area (Å²) in [7, 11) is 0. The third-order valence-electron chi connectivity index (χ3n) is 4.03. The number of aromatic nitrogens is 2. The minimum atomic E-state index is -0.286. The highest BCUT2D eigenvalue weighted by Crippen LogP contribution is 2.22. The van der Waals surface area contributed by atoms with Gasteiger partial charge in [-0.2, -0.15) is 5.10 Å². The number of anilines is 1. The number of carbonyl (C=O) groups is 1. The molecule has 1 amide bonds. The Morgan fingerprint density at radius 1 is 1.39 bits per heavy atom. The van der Waals surface area contributed by atoms with E-state index in [2.05, 4.69) is 17.3 Å². The van der Waals surface area contributed by atoms with E-state index in [9.17, 15) is 9.59 Å². The number of hydrogen-bond acceptors (Lipinski definition) is 3. The van der Waals surface area contributed by atoms with Crippen molar-refractivity contribution in [1.29, 1.82) is 0 Å². The van der Waals surface area contributed by atoms with Gasteiger partial charge in [-0.05, 0) is 55.0 Å². The molecule has 1 aromatic carbocycles. The number of nitrogens with zero attached hydrogens (tertiary/aromatic N) is 2. The van der Waals surface area contributed by atoms with Crippen molar-refractivity contribution in [3.63, 3.8) is 0 Å². The predicted molar refractivity (Wildman–Crippen MR) is 89.8 cm³/mol. The first-order chi connectivity index (χ1) is 11.0. The lowest BCUT2D eigenvalue weighted by atomic mass is 9.88. The Labute approximate surface area is 139 Å². The molecule has 0 radical (unpaired) electrons. The van der Waals surface area contributed by atoms with Crippen LogP contribution in [0.25, 0.3) is 0 Å². The first kappa shape index (κ1) is 15.7. The maximum absolute atomic E-state index is 12.1. The fourth-order valence-electron chi connectivity index (χ4n) is 2.80. The smallest absolute Gasteiger partial charge is 0.267 e. The third kappa shape index (κ3) is 3.79. The van der Waals surface area contributed by atoms with Crippen molar-refractivity contribution in [2.75, 3.05) is 5.32 Å². The van der Waals surface area contributed by atoms with Gasteiger partial charge in [0.25, 0.3) is 5.56 Å². The number of amides is 1. The second kappa shape index (κ2) is 6.54. The summed E-state index contributed by atoms with van der Waals surface area (Å²) in [5, 5.41) is 7.70. The first-order valence-corrected chi connectivity index (χ1v) is 8.04. The van der Waals surface area contributed by atoms with Crippen LogP contribution in [0.15, 0.2) is 35.1 Å². The van der Waals surface area contributed by atoms with Crippen molar-refractivity contribution in [2.24, 2.45) is 5.92 Å². The molecule has 5 nitrogen and oxygen atoms in total. The summed E-state index contributed by atoms with van der Waals surface area (Å²) < 4.78 is 1.24. The van der Waals surface area contributed by atoms with E-state index >= 15 is 0 Å². The highest BCUT2D eigenvalue weighted by Gasteiger charge is 2.18. The molecule has 0 aliphatic heterocycles. The molecule has 1 aliphatic rings. The quantitative estimate of drug-likeness (QED) is 0.940. The lowest BCUT2D eigenvalue weighted by Crippen LogP contribution is -2.32. The Kier molecular flexibility index (Phi) is 4.48. The van der Waals surface area contributed by atoms with Crippen LogP contribution in [0.4, 0.5) is 5.69 Å². The fraction of sp³-hybridized carbons (Fsp3) is 0.353. The van der Waals surface area contributed by atoms with E-state index in [4.69, 9.17) is 11.6 Å². The van der Waals surface area contributed by atoms with Crippen molar-refractivity contribution >= 4 is 23.2 Å². The van der Waals surface area contributed by atoms with E-state index in [1.165, 1.54) is 4.68 Å². The summed E-state index contributed by atoms with van der Waals surface area (Å²) in [5.41, 5.74) is 2.36. The Hall–Kier alpha value is -2.14. The Bertz CT molecular complexity index is 783. The zero-order valence-electron chi connectivity index (χ0n) is 12.9. The standard InChI is InChI=1S/C17H18ClN3O2/c1-11-2-7-15-12(8-11)9-17(23)21(20-15)10-16(22)19-14-5-3-13(18)4-6-14/h3-6,9,11H,2,7-8,10H2,1H3,(H,19,22)/t11-/m0/s1. The van der Waals surface area contributed by atoms with E-state index < -0.39 is 0 Å². The monoisotopic (exact) mass is 331 g/mol. The molecule has 1 aliphatic carbocycles. The molecule has 1 aromatic heterocycles. The van der Waals surface area contributed by atoms with Gasteiger partial charge in [0, 0.05) is 16.8 Å². The lowest BCUT2D eigenvalue weighted by molar-refractivity contribution is -0.117. The van der Waals surface area contributed by atoms with E-state index in [1.54, 1.807) is 30.3 Å². The van der Waals surface area contributed by atoms with Crippen LogP contribution in [-0.2, 0) is 24.2 Å². The zero-order chi connectivity index (χ0) is 16.4. The first-order valence-electron chi connectivity index (χ1n) is 7.66. The van der Waals surface area contributed by atoms with Gasteiger partial charge < -0.3 is 5.32 Å². The molecule has 6 heteroatoms. The topological polar surface area (TPSA) is 64.0 Å². The summed E-state index contributed by atoms with van der Waals surface area (Å²) in [6, 6.07) is 8.44. The van der Waals surface area contributed by atoms with Crippen LogP contribution in [0.1, 0.15) is 24.6 Å². The predicted octanol–water partition coefficient (Wildman–Crippen LogP) is 2.66. The van der Waals surface area contributed by atoms with E-state index in [1.807, 2.05) is 0 Å². The molecule has 0 bridgehead atoms. The molecular weight excluding hydrogens is 314 g/mol. The molecule has 0 spiro atoms. The Balaban J connectivity index is 1.73. The third-order valence-corrected chi connectivity index (χ3v) is 4.28. The van der Waals surface area contributed by atoms with Crippen LogP contribution in [0.3, 0.4) is 0 Å². The number of halogens is 1. The summed E-state index contributed by atoms with van der Waals surface area (Å²) >= 11 is 5.81. The molecule has 120 valence electrons. The molecule has 1 atom stereocenters. The highest BCUT2D eigenvalue weighted by atomic mass is 35.5. The van der Waals surface area contributed by atoms with Gasteiger partial charge in [-0.1, -0.05) is 18.5 Å². The molecule has 2 aromatic rings. The fourth-order valence-corrected chi connectivity index (χ4v) is 2.92. The van der Waals surface area contributed by atoms with E-state index in [0.717, 1.165) is 30.5 Å². The van der Waals surface area contributed by atoms with Gasteiger partial charge in [0.15, 0.2) is 0 Å². The second-order valence-electron chi connectivity index (χ2n) is 6.02. The van der Waals surface area contributed by atoms with Crippen molar-refractivity contribution in [3.8, 4) is 0 Å². The van der Waals surface area contributed by atoms with Crippen molar-refractivity contribution in [2.45, 2.75) is 32.7 Å². The number of fused-ring (bicyclic) bond motifs is 1. The molecule has 1 heterocycles. The van der Waals surface area contributed by atoms with Gasteiger partial charge in [-0.3, -0.25) is 9.59 Å². The van der Waals surface area contributed by atoms with Crippen molar-refractivity contribution in [3.05, 3.63) is 57.0 Å². The minimum absolute atomic E-state index is 0.0930. The van der Waals surface area contributed by atoms with Gasteiger partial charge in [-0.25, -0.2) is 4.68 Å². The summed E-state index contributed by atoms with van der Waals surface area (Å²) in [5.74, 6) is 0.291. The van der Waals surface area contributed by atoms with Gasteiger partial charge in [0.1, 0.15) is 6.54 Å². The molecule has 0 saturated carbocycles. The van der Waals surface area contributed by atoms with Crippen molar-refractivity contribution in [1.82, 2.24) is 9.78 Å². The molecule has 0 unspecified atom stereocenters. The number of carbonyl (C=O) groups excluding carboxylic acids is 1. The lowest BCUT2D eigenvalue weighted by Gasteiger charge is -2.20. The molecule has 3 rings (SSSR count).